The molecule has 0 aliphatic carbocycles. The predicted octanol–water partition coefficient (Wildman–Crippen LogP) is 5.29. The van der Waals surface area contributed by atoms with Gasteiger partial charge in [0.2, 0.25) is 0 Å². The van der Waals surface area contributed by atoms with Gasteiger partial charge in [-0.1, -0.05) is 134 Å². The lowest BCUT2D eigenvalue weighted by Crippen LogP contribution is -2.61. The van der Waals surface area contributed by atoms with Crippen molar-refractivity contribution in [3.05, 3.63) is 24.3 Å². The molecule has 0 aromatic carbocycles. The molecule has 0 spiro atoms. The standard InChI is InChI=1S/C45H82O14/c1-3-5-7-9-11-13-15-16-17-18-20-22-24-26-28-37(47)57-34(31-54-29-27-25-23-21-19-14-12-10-8-6-4-2)32-55-44-43(53)41(51)39(49)36(59-44)33-56-45-42(52)40(50)38(48)35(30-46)58-45/h9,11,15-16,34-36,38-46,48-53H,3-8,10,12-14,17-33H2,1-2H3/b11-9-,16-15-. The van der Waals surface area contributed by atoms with Gasteiger partial charge in [-0.2, -0.15) is 0 Å². The van der Waals surface area contributed by atoms with Crippen LogP contribution in [0.4, 0.5) is 0 Å². The topological polar surface area (TPSA) is 214 Å². The molecule has 0 radical (unpaired) electrons. The van der Waals surface area contributed by atoms with Crippen molar-refractivity contribution >= 4 is 5.97 Å². The first-order valence-electron chi connectivity index (χ1n) is 22.9. The molecule has 0 saturated carbocycles. The Morgan fingerprint density at radius 2 is 1.07 bits per heavy atom. The quantitative estimate of drug-likeness (QED) is 0.0246. The zero-order valence-electron chi connectivity index (χ0n) is 36.2. The highest BCUT2D eigenvalue weighted by molar-refractivity contribution is 5.69. The number of unbranched alkanes of at least 4 members (excludes halogenated alkanes) is 17. The number of esters is 1. The van der Waals surface area contributed by atoms with E-state index in [9.17, 15) is 40.5 Å². The molecule has 346 valence electrons. The third kappa shape index (κ3) is 22.9. The highest BCUT2D eigenvalue weighted by Gasteiger charge is 2.47. The molecule has 0 amide bonds. The maximum Gasteiger partial charge on any atom is 0.306 e. The minimum Gasteiger partial charge on any atom is -0.457 e. The molecule has 2 aliphatic rings. The molecular weight excluding hydrogens is 764 g/mol. The lowest BCUT2D eigenvalue weighted by atomic mass is 9.98. The Kier molecular flexibility index (Phi) is 30.9. The van der Waals surface area contributed by atoms with Gasteiger partial charge in [0.15, 0.2) is 12.6 Å². The van der Waals surface area contributed by atoms with Gasteiger partial charge in [0.25, 0.3) is 0 Å². The summed E-state index contributed by atoms with van der Waals surface area (Å²) >= 11 is 0. The molecule has 0 aromatic rings. The number of aliphatic hydroxyl groups excluding tert-OH is 7. The van der Waals surface area contributed by atoms with E-state index in [-0.39, 0.29) is 19.6 Å². The summed E-state index contributed by atoms with van der Waals surface area (Å²) in [6.45, 7) is 3.61. The molecule has 2 rings (SSSR count). The summed E-state index contributed by atoms with van der Waals surface area (Å²) in [6, 6.07) is 0. The van der Waals surface area contributed by atoms with Gasteiger partial charge in [-0.25, -0.2) is 0 Å². The van der Waals surface area contributed by atoms with Crippen molar-refractivity contribution in [1.82, 2.24) is 0 Å². The zero-order chi connectivity index (χ0) is 43.1. The van der Waals surface area contributed by atoms with E-state index < -0.39 is 86.7 Å². The molecule has 7 N–H and O–H groups in total. The minimum atomic E-state index is -1.70. The molecule has 14 nitrogen and oxygen atoms in total. The van der Waals surface area contributed by atoms with Crippen molar-refractivity contribution in [2.75, 3.05) is 33.0 Å². The smallest absolute Gasteiger partial charge is 0.306 e. The van der Waals surface area contributed by atoms with Gasteiger partial charge in [-0.15, -0.1) is 0 Å². The van der Waals surface area contributed by atoms with Crippen LogP contribution in [0.15, 0.2) is 24.3 Å². The molecule has 59 heavy (non-hydrogen) atoms. The molecule has 2 fully saturated rings. The number of aliphatic hydroxyl groups is 7. The van der Waals surface area contributed by atoms with Gasteiger partial charge >= 0.3 is 5.97 Å². The maximum absolute atomic E-state index is 12.9. The molecule has 2 saturated heterocycles. The number of hydrogen-bond donors (Lipinski definition) is 7. The average Bonchev–Trinajstić information content (AvgIpc) is 3.23. The Morgan fingerprint density at radius 1 is 0.559 bits per heavy atom. The summed E-state index contributed by atoms with van der Waals surface area (Å²) in [4.78, 5) is 12.9. The second kappa shape index (κ2) is 34.0. The van der Waals surface area contributed by atoms with Crippen molar-refractivity contribution in [1.29, 1.82) is 0 Å². The summed E-state index contributed by atoms with van der Waals surface area (Å²) in [5.74, 6) is -0.391. The Morgan fingerprint density at radius 3 is 1.68 bits per heavy atom. The first-order chi connectivity index (χ1) is 28.6. The third-order valence-electron chi connectivity index (χ3n) is 11.0. The highest BCUT2D eigenvalue weighted by atomic mass is 16.7. The van der Waals surface area contributed by atoms with Crippen LogP contribution in [0.5, 0.6) is 0 Å². The first-order valence-corrected chi connectivity index (χ1v) is 22.9. The van der Waals surface area contributed by atoms with Crippen LogP contribution in [0.3, 0.4) is 0 Å². The van der Waals surface area contributed by atoms with Crippen molar-refractivity contribution in [2.45, 2.75) is 223 Å². The van der Waals surface area contributed by atoms with Crippen molar-refractivity contribution in [3.8, 4) is 0 Å². The highest BCUT2D eigenvalue weighted by Crippen LogP contribution is 2.26. The first kappa shape index (κ1) is 53.6. The number of ether oxygens (including phenoxy) is 6. The van der Waals surface area contributed by atoms with Crippen molar-refractivity contribution < 1.29 is 69.0 Å². The summed E-state index contributed by atoms with van der Waals surface area (Å²) in [6.07, 6.45) is 16.7. The molecular formula is C45H82O14. The van der Waals surface area contributed by atoms with Crippen LogP contribution in [0.1, 0.15) is 155 Å². The van der Waals surface area contributed by atoms with E-state index in [0.717, 1.165) is 64.2 Å². The lowest BCUT2D eigenvalue weighted by Gasteiger charge is -2.42. The van der Waals surface area contributed by atoms with Crippen LogP contribution in [0, 0.1) is 0 Å². The van der Waals surface area contributed by atoms with E-state index in [1.165, 1.54) is 64.2 Å². The summed E-state index contributed by atoms with van der Waals surface area (Å²) in [5, 5.41) is 71.9. The largest absolute Gasteiger partial charge is 0.457 e. The molecule has 2 heterocycles. The minimum absolute atomic E-state index is 0.0587. The van der Waals surface area contributed by atoms with Crippen LogP contribution in [-0.2, 0) is 33.2 Å². The Hall–Kier alpha value is -1.53. The van der Waals surface area contributed by atoms with E-state index >= 15 is 0 Å². The SMILES string of the molecule is CCCC/C=C\C/C=C\CCCCCCCC(=O)OC(COCCCCCCCCCCCCC)COC1OC(COC2OC(CO)C(O)C(O)C2O)C(O)C(O)C1O. The van der Waals surface area contributed by atoms with Crippen LogP contribution in [-0.4, -0.2) is 142 Å². The van der Waals surface area contributed by atoms with E-state index in [1.54, 1.807) is 0 Å². The number of hydrogen-bond acceptors (Lipinski definition) is 14. The Balaban J connectivity index is 1.82. The monoisotopic (exact) mass is 847 g/mol. The van der Waals surface area contributed by atoms with Gasteiger partial charge < -0.3 is 64.2 Å². The summed E-state index contributed by atoms with van der Waals surface area (Å²) in [5.41, 5.74) is 0. The van der Waals surface area contributed by atoms with Crippen LogP contribution in [0.2, 0.25) is 0 Å². The average molecular weight is 847 g/mol. The predicted molar refractivity (Wildman–Crippen MR) is 224 cm³/mol. The van der Waals surface area contributed by atoms with Gasteiger partial charge in [0, 0.05) is 13.0 Å². The van der Waals surface area contributed by atoms with Crippen LogP contribution < -0.4 is 0 Å². The van der Waals surface area contributed by atoms with Gasteiger partial charge in [-0.05, 0) is 38.5 Å². The Bertz CT molecular complexity index is 1080. The fourth-order valence-electron chi connectivity index (χ4n) is 7.12. The van der Waals surface area contributed by atoms with E-state index in [1.807, 2.05) is 0 Å². The second-order valence-electron chi connectivity index (χ2n) is 16.2. The lowest BCUT2D eigenvalue weighted by molar-refractivity contribution is -0.332. The Labute approximate surface area is 354 Å². The number of allylic oxidation sites excluding steroid dienone is 4. The molecule has 2 aliphatic heterocycles. The van der Waals surface area contributed by atoms with E-state index in [2.05, 4.69) is 38.2 Å². The van der Waals surface area contributed by atoms with E-state index in [0.29, 0.717) is 13.0 Å². The molecule has 0 bridgehead atoms. The number of rotatable bonds is 35. The van der Waals surface area contributed by atoms with Gasteiger partial charge in [-0.3, -0.25) is 4.79 Å². The van der Waals surface area contributed by atoms with Crippen LogP contribution >= 0.6 is 0 Å². The van der Waals surface area contributed by atoms with E-state index in [4.69, 9.17) is 28.4 Å². The fourth-order valence-corrected chi connectivity index (χ4v) is 7.12. The zero-order valence-corrected chi connectivity index (χ0v) is 36.2. The second-order valence-corrected chi connectivity index (χ2v) is 16.2. The molecule has 14 heteroatoms. The summed E-state index contributed by atoms with van der Waals surface area (Å²) < 4.78 is 34.1. The molecule has 0 aromatic heterocycles. The number of carbonyl (C=O) groups excluding carboxylic acids is 1. The van der Waals surface area contributed by atoms with Gasteiger partial charge in [0.05, 0.1) is 26.4 Å². The third-order valence-corrected chi connectivity index (χ3v) is 11.0. The summed E-state index contributed by atoms with van der Waals surface area (Å²) in [7, 11) is 0. The molecule has 11 unspecified atom stereocenters. The normalized spacial score (nSPS) is 28.2. The molecule has 11 atom stereocenters. The maximum atomic E-state index is 12.9. The van der Waals surface area contributed by atoms with Gasteiger partial charge in [0.1, 0.15) is 54.9 Å². The van der Waals surface area contributed by atoms with Crippen molar-refractivity contribution in [3.63, 3.8) is 0 Å². The number of carbonyl (C=O) groups is 1. The fraction of sp³-hybridized carbons (Fsp3) is 0.889. The van der Waals surface area contributed by atoms with Crippen molar-refractivity contribution in [2.24, 2.45) is 0 Å². The van der Waals surface area contributed by atoms with Crippen LogP contribution in [0.25, 0.3) is 0 Å².